The van der Waals surface area contributed by atoms with E-state index in [1.165, 1.54) is 10.6 Å². The highest BCUT2D eigenvalue weighted by Crippen LogP contribution is 2.24. The lowest BCUT2D eigenvalue weighted by molar-refractivity contribution is 0.437. The SMILES string of the molecule is Cc1cn2nc(N3CCCN(S(C)(=O)=O)CC3)sc2n1. The fourth-order valence-electron chi connectivity index (χ4n) is 2.34. The van der Waals surface area contributed by atoms with Gasteiger partial charge in [0.25, 0.3) is 0 Å². The number of aromatic nitrogens is 3. The van der Waals surface area contributed by atoms with E-state index < -0.39 is 10.0 Å². The van der Waals surface area contributed by atoms with E-state index in [9.17, 15) is 8.42 Å². The normalized spacial score (nSPS) is 18.6. The summed E-state index contributed by atoms with van der Waals surface area (Å²) in [7, 11) is -3.10. The van der Waals surface area contributed by atoms with E-state index in [4.69, 9.17) is 0 Å². The highest BCUT2D eigenvalue weighted by molar-refractivity contribution is 7.88. The first-order valence-corrected chi connectivity index (χ1v) is 9.13. The molecule has 0 saturated carbocycles. The van der Waals surface area contributed by atoms with Crippen LogP contribution in [0.1, 0.15) is 12.1 Å². The molecule has 0 aliphatic carbocycles. The van der Waals surface area contributed by atoms with E-state index in [2.05, 4.69) is 15.0 Å². The molecule has 0 amide bonds. The molecule has 0 N–H and O–H groups in total. The summed E-state index contributed by atoms with van der Waals surface area (Å²) in [5.41, 5.74) is 0.953. The summed E-state index contributed by atoms with van der Waals surface area (Å²) in [5, 5.41) is 5.42. The van der Waals surface area contributed by atoms with E-state index in [0.717, 1.165) is 28.8 Å². The Bertz CT molecular complexity index is 689. The predicted octanol–water partition coefficient (Wildman–Crippen LogP) is 0.571. The number of rotatable bonds is 2. The molecule has 0 bridgehead atoms. The number of imidazole rings is 1. The van der Waals surface area contributed by atoms with Gasteiger partial charge in [-0.25, -0.2) is 22.2 Å². The summed E-state index contributed by atoms with van der Waals surface area (Å²) in [6.07, 6.45) is 3.98. The van der Waals surface area contributed by atoms with Gasteiger partial charge < -0.3 is 4.90 Å². The van der Waals surface area contributed by atoms with Gasteiger partial charge in [0, 0.05) is 26.2 Å². The molecule has 0 spiro atoms. The second kappa shape index (κ2) is 4.97. The molecular formula is C11H17N5O2S2. The van der Waals surface area contributed by atoms with Crippen molar-refractivity contribution in [2.24, 2.45) is 0 Å². The second-order valence-electron chi connectivity index (χ2n) is 5.00. The topological polar surface area (TPSA) is 70.8 Å². The Hall–Kier alpha value is -1.19. The molecule has 1 aliphatic rings. The number of hydrogen-bond acceptors (Lipinski definition) is 6. The minimum Gasteiger partial charge on any atom is -0.345 e. The number of hydrogen-bond donors (Lipinski definition) is 0. The molecule has 110 valence electrons. The zero-order chi connectivity index (χ0) is 14.3. The van der Waals surface area contributed by atoms with E-state index in [1.807, 2.05) is 13.1 Å². The van der Waals surface area contributed by atoms with Crippen LogP contribution in [-0.2, 0) is 10.0 Å². The number of anilines is 1. The Morgan fingerprint density at radius 2 is 2.05 bits per heavy atom. The van der Waals surface area contributed by atoms with Gasteiger partial charge in [0.05, 0.1) is 18.1 Å². The molecule has 1 saturated heterocycles. The van der Waals surface area contributed by atoms with Crippen LogP contribution < -0.4 is 4.90 Å². The van der Waals surface area contributed by atoms with Crippen molar-refractivity contribution < 1.29 is 8.42 Å². The average molecular weight is 315 g/mol. The standard InChI is InChI=1S/C11H17N5O2S2/c1-9-8-16-10(12-9)19-11(13-16)14-4-3-5-15(7-6-14)20(2,17)18/h8H,3-7H2,1-2H3. The van der Waals surface area contributed by atoms with Gasteiger partial charge in [-0.2, -0.15) is 0 Å². The first-order valence-electron chi connectivity index (χ1n) is 6.46. The van der Waals surface area contributed by atoms with E-state index in [0.29, 0.717) is 19.6 Å². The largest absolute Gasteiger partial charge is 0.345 e. The van der Waals surface area contributed by atoms with Crippen molar-refractivity contribution in [3.63, 3.8) is 0 Å². The van der Waals surface area contributed by atoms with Gasteiger partial charge >= 0.3 is 0 Å². The third-order valence-corrected chi connectivity index (χ3v) is 5.63. The summed E-state index contributed by atoms with van der Waals surface area (Å²) in [6, 6.07) is 0. The Balaban J connectivity index is 1.79. The van der Waals surface area contributed by atoms with Gasteiger partial charge in [0.2, 0.25) is 20.1 Å². The van der Waals surface area contributed by atoms with E-state index >= 15 is 0 Å². The van der Waals surface area contributed by atoms with Gasteiger partial charge in [-0.1, -0.05) is 11.3 Å². The molecule has 2 aromatic heterocycles. The summed E-state index contributed by atoms with van der Waals surface area (Å²) in [6.45, 7) is 4.53. The molecular weight excluding hydrogens is 298 g/mol. The van der Waals surface area contributed by atoms with Gasteiger partial charge in [0.15, 0.2) is 0 Å². The minimum absolute atomic E-state index is 0.514. The molecule has 0 unspecified atom stereocenters. The first kappa shape index (κ1) is 13.8. The van der Waals surface area contributed by atoms with Crippen LogP contribution in [0.15, 0.2) is 6.20 Å². The highest BCUT2D eigenvalue weighted by atomic mass is 32.2. The molecule has 20 heavy (non-hydrogen) atoms. The molecule has 1 fully saturated rings. The third kappa shape index (κ3) is 2.65. The minimum atomic E-state index is -3.10. The lowest BCUT2D eigenvalue weighted by Gasteiger charge is -2.19. The van der Waals surface area contributed by atoms with E-state index in [-0.39, 0.29) is 0 Å². The van der Waals surface area contributed by atoms with Crippen LogP contribution in [0.5, 0.6) is 0 Å². The van der Waals surface area contributed by atoms with Crippen molar-refractivity contribution in [3.8, 4) is 0 Å². The maximum Gasteiger partial charge on any atom is 0.214 e. The molecule has 2 aromatic rings. The van der Waals surface area contributed by atoms with Crippen LogP contribution in [0, 0.1) is 6.92 Å². The summed E-state index contributed by atoms with van der Waals surface area (Å²) in [5.74, 6) is 0. The molecule has 7 nitrogen and oxygen atoms in total. The molecule has 3 heterocycles. The number of fused-ring (bicyclic) bond motifs is 1. The van der Waals surface area contributed by atoms with Crippen LogP contribution in [0.2, 0.25) is 0 Å². The van der Waals surface area contributed by atoms with Crippen LogP contribution in [0.25, 0.3) is 4.96 Å². The number of aryl methyl sites for hydroxylation is 1. The Labute approximate surface area is 121 Å². The van der Waals surface area contributed by atoms with Crippen molar-refractivity contribution in [1.82, 2.24) is 18.9 Å². The maximum atomic E-state index is 11.6. The van der Waals surface area contributed by atoms with Crippen LogP contribution >= 0.6 is 11.3 Å². The third-order valence-electron chi connectivity index (χ3n) is 3.35. The van der Waals surface area contributed by atoms with Crippen LogP contribution in [0.3, 0.4) is 0 Å². The quantitative estimate of drug-likeness (QED) is 0.810. The van der Waals surface area contributed by atoms with Crippen LogP contribution in [-0.4, -0.2) is 59.8 Å². The van der Waals surface area contributed by atoms with Crippen molar-refractivity contribution in [3.05, 3.63) is 11.9 Å². The average Bonchev–Trinajstić information content (AvgIpc) is 2.75. The second-order valence-corrected chi connectivity index (χ2v) is 7.91. The lowest BCUT2D eigenvalue weighted by Crippen LogP contribution is -2.34. The summed E-state index contributed by atoms with van der Waals surface area (Å²) >= 11 is 1.54. The fourth-order valence-corrected chi connectivity index (χ4v) is 4.20. The van der Waals surface area contributed by atoms with Crippen molar-refractivity contribution in [2.45, 2.75) is 13.3 Å². The Kier molecular flexibility index (Phi) is 3.43. The number of sulfonamides is 1. The zero-order valence-corrected chi connectivity index (χ0v) is 13.1. The van der Waals surface area contributed by atoms with Crippen LogP contribution in [0.4, 0.5) is 5.13 Å². The van der Waals surface area contributed by atoms with Crippen molar-refractivity contribution in [2.75, 3.05) is 37.3 Å². The van der Waals surface area contributed by atoms with Gasteiger partial charge in [-0.05, 0) is 13.3 Å². The van der Waals surface area contributed by atoms with Crippen molar-refractivity contribution >= 4 is 31.5 Å². The first-order chi connectivity index (χ1) is 9.43. The molecule has 0 aromatic carbocycles. The Morgan fingerprint density at radius 3 is 2.75 bits per heavy atom. The van der Waals surface area contributed by atoms with Gasteiger partial charge in [0.1, 0.15) is 0 Å². The number of nitrogens with zero attached hydrogens (tertiary/aromatic N) is 5. The van der Waals surface area contributed by atoms with Gasteiger partial charge in [-0.15, -0.1) is 5.10 Å². The lowest BCUT2D eigenvalue weighted by atomic mass is 10.4. The molecule has 0 atom stereocenters. The molecule has 3 rings (SSSR count). The highest BCUT2D eigenvalue weighted by Gasteiger charge is 2.23. The predicted molar refractivity (Wildman–Crippen MR) is 78.8 cm³/mol. The Morgan fingerprint density at radius 1 is 1.25 bits per heavy atom. The maximum absolute atomic E-state index is 11.6. The molecule has 0 radical (unpaired) electrons. The smallest absolute Gasteiger partial charge is 0.214 e. The zero-order valence-electron chi connectivity index (χ0n) is 11.5. The monoisotopic (exact) mass is 315 g/mol. The summed E-state index contributed by atoms with van der Waals surface area (Å²) < 4.78 is 26.5. The van der Waals surface area contributed by atoms with E-state index in [1.54, 1.807) is 15.9 Å². The van der Waals surface area contributed by atoms with Crippen molar-refractivity contribution in [1.29, 1.82) is 0 Å². The van der Waals surface area contributed by atoms with Gasteiger partial charge in [-0.3, -0.25) is 0 Å². The molecule has 9 heteroatoms. The molecule has 1 aliphatic heterocycles. The summed E-state index contributed by atoms with van der Waals surface area (Å²) in [4.78, 5) is 7.41. The fraction of sp³-hybridized carbons (Fsp3) is 0.636.